The molecule has 4 nitrogen and oxygen atoms in total. The number of thioether (sulfide) groups is 1. The highest BCUT2D eigenvalue weighted by atomic mass is 79.9. The van der Waals surface area contributed by atoms with E-state index in [-0.39, 0.29) is 23.6 Å². The number of aliphatic imine (C=N–C) groups is 1. The second-order valence-electron chi connectivity index (χ2n) is 4.91. The van der Waals surface area contributed by atoms with E-state index in [1.165, 1.54) is 0 Å². The fourth-order valence-electron chi connectivity index (χ4n) is 2.69. The van der Waals surface area contributed by atoms with E-state index in [0.29, 0.717) is 0 Å². The molecule has 0 radical (unpaired) electrons. The lowest BCUT2D eigenvalue weighted by Gasteiger charge is -2.26. The molecule has 1 aromatic rings. The fraction of sp³-hybridized carbons (Fsp3) is 0.462. The molecule has 0 N–H and O–H groups in total. The zero-order chi connectivity index (χ0) is 14.3. The summed E-state index contributed by atoms with van der Waals surface area (Å²) in [7, 11) is -2.96. The fourth-order valence-corrected chi connectivity index (χ4v) is 5.77. The van der Waals surface area contributed by atoms with Crippen LogP contribution in [0, 0.1) is 0 Å². The van der Waals surface area contributed by atoms with Gasteiger partial charge in [0.1, 0.15) is 0 Å². The maximum absolute atomic E-state index is 11.8. The third kappa shape index (κ3) is 2.63. The first-order chi connectivity index (χ1) is 9.50. The van der Waals surface area contributed by atoms with Crippen molar-refractivity contribution in [3.63, 3.8) is 0 Å². The molecule has 2 atom stereocenters. The second kappa shape index (κ2) is 5.35. The molecule has 0 unspecified atom stereocenters. The first kappa shape index (κ1) is 14.4. The van der Waals surface area contributed by atoms with Gasteiger partial charge in [0.05, 0.1) is 23.6 Å². The molecule has 0 aliphatic carbocycles. The van der Waals surface area contributed by atoms with Gasteiger partial charge >= 0.3 is 0 Å². The number of benzene rings is 1. The first-order valence-corrected chi connectivity index (χ1v) is 10.1. The smallest absolute Gasteiger partial charge is 0.164 e. The summed E-state index contributed by atoms with van der Waals surface area (Å²) in [5.74, 6) is 1.30. The molecule has 1 fully saturated rings. The number of halogens is 1. The number of hydrogen-bond acceptors (Lipinski definition) is 5. The van der Waals surface area contributed by atoms with Gasteiger partial charge in [0.2, 0.25) is 0 Å². The molecular weight excluding hydrogens is 360 g/mol. The lowest BCUT2D eigenvalue weighted by atomic mass is 10.1. The van der Waals surface area contributed by atoms with Gasteiger partial charge in [0.15, 0.2) is 15.0 Å². The van der Waals surface area contributed by atoms with Crippen LogP contribution in [0.3, 0.4) is 0 Å². The highest BCUT2D eigenvalue weighted by Gasteiger charge is 2.46. The molecule has 7 heteroatoms. The van der Waals surface area contributed by atoms with Gasteiger partial charge in [0.25, 0.3) is 0 Å². The Balaban J connectivity index is 2.00. The number of nitrogens with zero attached hydrogens (tertiary/aromatic N) is 2. The summed E-state index contributed by atoms with van der Waals surface area (Å²) in [6, 6.07) is 7.77. The zero-order valence-corrected chi connectivity index (χ0v) is 14.2. The van der Waals surface area contributed by atoms with Crippen molar-refractivity contribution in [1.29, 1.82) is 0 Å². The van der Waals surface area contributed by atoms with E-state index in [9.17, 15) is 8.42 Å². The Kier molecular flexibility index (Phi) is 3.85. The van der Waals surface area contributed by atoms with Crippen LogP contribution in [0.2, 0.25) is 0 Å². The number of anilines is 1. The molecule has 1 saturated heterocycles. The van der Waals surface area contributed by atoms with Gasteiger partial charge in [-0.3, -0.25) is 4.99 Å². The first-order valence-electron chi connectivity index (χ1n) is 6.46. The number of rotatable bonds is 2. The van der Waals surface area contributed by atoms with Gasteiger partial charge in [-0.1, -0.05) is 40.7 Å². The van der Waals surface area contributed by atoms with E-state index in [1.54, 1.807) is 11.8 Å². The molecule has 2 aliphatic heterocycles. The van der Waals surface area contributed by atoms with Gasteiger partial charge in [0, 0.05) is 10.2 Å². The highest BCUT2D eigenvalue weighted by Crippen LogP contribution is 2.35. The van der Waals surface area contributed by atoms with E-state index in [4.69, 9.17) is 0 Å². The molecular formula is C13H15BrN2O2S2. The topological polar surface area (TPSA) is 49.7 Å². The highest BCUT2D eigenvalue weighted by molar-refractivity contribution is 9.10. The minimum absolute atomic E-state index is 0.0525. The minimum atomic E-state index is -2.96. The summed E-state index contributed by atoms with van der Waals surface area (Å²) in [6.45, 7) is 2.08. The molecule has 108 valence electrons. The summed E-state index contributed by atoms with van der Waals surface area (Å²) in [5, 5.41) is 0.940. The lowest BCUT2D eigenvalue weighted by Crippen LogP contribution is -2.39. The van der Waals surface area contributed by atoms with Crippen molar-refractivity contribution in [3.05, 3.63) is 28.7 Å². The van der Waals surface area contributed by atoms with Crippen LogP contribution in [-0.2, 0) is 9.84 Å². The summed E-state index contributed by atoms with van der Waals surface area (Å²) < 4.78 is 24.7. The molecule has 20 heavy (non-hydrogen) atoms. The summed E-state index contributed by atoms with van der Waals surface area (Å²) in [4.78, 5) is 6.73. The Hall–Kier alpha value is -0.530. The van der Waals surface area contributed by atoms with Crippen molar-refractivity contribution in [2.75, 3.05) is 22.2 Å². The predicted molar refractivity (Wildman–Crippen MR) is 88.4 cm³/mol. The molecule has 0 saturated carbocycles. The third-order valence-corrected chi connectivity index (χ3v) is 6.51. The average Bonchev–Trinajstić information content (AvgIpc) is 2.80. The molecule has 3 rings (SSSR count). The van der Waals surface area contributed by atoms with Gasteiger partial charge in [-0.2, -0.15) is 0 Å². The van der Waals surface area contributed by atoms with Crippen LogP contribution in [0.15, 0.2) is 33.7 Å². The van der Waals surface area contributed by atoms with Crippen LogP contribution in [0.1, 0.15) is 6.92 Å². The molecule has 1 aromatic carbocycles. The Labute approximate surface area is 131 Å². The standard InChI is InChI=1S/C13H15BrN2O2S2/c1-2-19-13-15-11-7-20(17,18)8-12(11)16(13)10-5-3-4-9(14)6-10/h3-6,11-12H,2,7-8H2,1H3/t11-,12+/m1/s1. The van der Waals surface area contributed by atoms with Crippen LogP contribution < -0.4 is 4.90 Å². The predicted octanol–water partition coefficient (Wildman–Crippen LogP) is 2.54. The summed E-state index contributed by atoms with van der Waals surface area (Å²) >= 11 is 5.14. The minimum Gasteiger partial charge on any atom is -0.315 e. The van der Waals surface area contributed by atoms with Crippen molar-refractivity contribution in [2.45, 2.75) is 19.0 Å². The van der Waals surface area contributed by atoms with Crippen molar-refractivity contribution >= 4 is 48.4 Å². The number of hydrogen-bond donors (Lipinski definition) is 0. The van der Waals surface area contributed by atoms with E-state index >= 15 is 0 Å². The van der Waals surface area contributed by atoms with Crippen LogP contribution in [0.4, 0.5) is 5.69 Å². The average molecular weight is 375 g/mol. The molecule has 2 heterocycles. The lowest BCUT2D eigenvalue weighted by molar-refractivity contribution is 0.601. The maximum Gasteiger partial charge on any atom is 0.164 e. The Morgan fingerprint density at radius 1 is 1.45 bits per heavy atom. The Morgan fingerprint density at radius 3 is 2.95 bits per heavy atom. The van der Waals surface area contributed by atoms with Crippen molar-refractivity contribution in [3.8, 4) is 0 Å². The van der Waals surface area contributed by atoms with Gasteiger partial charge in [-0.15, -0.1) is 0 Å². The number of amidine groups is 1. The van der Waals surface area contributed by atoms with Crippen LogP contribution in [0.5, 0.6) is 0 Å². The SMILES string of the molecule is CCSC1=N[C@@H]2CS(=O)(=O)C[C@@H]2N1c1cccc(Br)c1. The van der Waals surface area contributed by atoms with Crippen LogP contribution in [0.25, 0.3) is 0 Å². The van der Waals surface area contributed by atoms with E-state index in [1.807, 2.05) is 24.3 Å². The zero-order valence-electron chi connectivity index (χ0n) is 11.0. The van der Waals surface area contributed by atoms with Crippen LogP contribution in [-0.4, -0.2) is 42.9 Å². The second-order valence-corrected chi connectivity index (χ2v) is 9.21. The molecule has 0 amide bonds. The van der Waals surface area contributed by atoms with Crippen molar-refractivity contribution in [2.24, 2.45) is 4.99 Å². The normalized spacial score (nSPS) is 27.5. The third-order valence-electron chi connectivity index (χ3n) is 3.47. The largest absolute Gasteiger partial charge is 0.315 e. The number of fused-ring (bicyclic) bond motifs is 1. The van der Waals surface area contributed by atoms with E-state index in [2.05, 4.69) is 32.7 Å². The van der Waals surface area contributed by atoms with E-state index in [0.717, 1.165) is 21.1 Å². The van der Waals surface area contributed by atoms with Gasteiger partial charge in [-0.05, 0) is 24.0 Å². The molecule has 0 aromatic heterocycles. The maximum atomic E-state index is 11.8. The summed E-state index contributed by atoms with van der Waals surface area (Å²) in [5.41, 5.74) is 1.00. The molecule has 0 spiro atoms. The van der Waals surface area contributed by atoms with Crippen LogP contribution >= 0.6 is 27.7 Å². The summed E-state index contributed by atoms with van der Waals surface area (Å²) in [6.07, 6.45) is 0. The van der Waals surface area contributed by atoms with Crippen molar-refractivity contribution < 1.29 is 8.42 Å². The Morgan fingerprint density at radius 2 is 2.25 bits per heavy atom. The van der Waals surface area contributed by atoms with Crippen molar-refractivity contribution in [1.82, 2.24) is 0 Å². The quantitative estimate of drug-likeness (QED) is 0.797. The van der Waals surface area contributed by atoms with E-state index < -0.39 is 9.84 Å². The van der Waals surface area contributed by atoms with Gasteiger partial charge < -0.3 is 4.90 Å². The Bertz CT molecular complexity index is 660. The van der Waals surface area contributed by atoms with Gasteiger partial charge in [-0.25, -0.2) is 8.42 Å². The molecule has 0 bridgehead atoms. The molecule has 2 aliphatic rings. The monoisotopic (exact) mass is 374 g/mol. The number of sulfone groups is 1.